The Kier molecular flexibility index (Phi) is 5.58. The van der Waals surface area contributed by atoms with Crippen LogP contribution >= 0.6 is 23.2 Å². The van der Waals surface area contributed by atoms with Gasteiger partial charge in [-0.15, -0.1) is 0 Å². The Morgan fingerprint density at radius 1 is 1.10 bits per heavy atom. The van der Waals surface area contributed by atoms with Crippen LogP contribution in [-0.2, 0) is 7.05 Å². The maximum Gasteiger partial charge on any atom is 0.292 e. The molecule has 0 spiro atoms. The molecule has 2 aromatic heterocycles. The minimum Gasteiger partial charge on any atom is -0.267 e. The first-order valence-corrected chi connectivity index (χ1v) is 9.93. The maximum absolute atomic E-state index is 12.7. The van der Waals surface area contributed by atoms with Gasteiger partial charge in [-0.25, -0.2) is 14.8 Å². The van der Waals surface area contributed by atoms with Gasteiger partial charge in [0.15, 0.2) is 5.69 Å². The molecule has 0 aliphatic carbocycles. The molecule has 0 aliphatic rings. The fourth-order valence-electron chi connectivity index (χ4n) is 3.11. The van der Waals surface area contributed by atoms with E-state index < -0.39 is 5.91 Å². The molecule has 8 nitrogen and oxygen atoms in total. The number of nitrogens with one attached hydrogen (secondary N) is 1. The standard InChI is InChI=1S/C21H16Cl2N6O2/c1-12-17(19(23)29(26-12)14-7-5-6-13(22)10-14)11-24-25-20(30)18-15-8-3-4-9-16(15)21(31)28(2)27-18/h3-11H,1-2H3,(H,25,30)/b24-11+. The van der Waals surface area contributed by atoms with E-state index in [0.717, 1.165) is 4.68 Å². The smallest absolute Gasteiger partial charge is 0.267 e. The molecule has 1 N–H and O–H groups in total. The Morgan fingerprint density at radius 2 is 1.84 bits per heavy atom. The van der Waals surface area contributed by atoms with Crippen molar-refractivity contribution in [2.24, 2.45) is 12.1 Å². The van der Waals surface area contributed by atoms with Crippen LogP contribution in [-0.4, -0.2) is 31.7 Å². The van der Waals surface area contributed by atoms with Gasteiger partial charge in [0.05, 0.1) is 28.5 Å². The van der Waals surface area contributed by atoms with E-state index in [1.807, 2.05) is 6.07 Å². The van der Waals surface area contributed by atoms with Crippen molar-refractivity contribution in [2.45, 2.75) is 6.92 Å². The summed E-state index contributed by atoms with van der Waals surface area (Å²) in [6.45, 7) is 1.78. The number of fused-ring (bicyclic) bond motifs is 1. The summed E-state index contributed by atoms with van der Waals surface area (Å²) in [5, 5.41) is 14.2. The van der Waals surface area contributed by atoms with Crippen molar-refractivity contribution in [2.75, 3.05) is 0 Å². The Morgan fingerprint density at radius 3 is 2.58 bits per heavy atom. The molecule has 1 amide bonds. The molecule has 2 heterocycles. The lowest BCUT2D eigenvalue weighted by molar-refractivity contribution is 0.0950. The van der Waals surface area contributed by atoms with E-state index in [9.17, 15) is 9.59 Å². The molecule has 0 aliphatic heterocycles. The van der Waals surface area contributed by atoms with Gasteiger partial charge in [0.25, 0.3) is 11.5 Å². The number of hydrogen-bond donors (Lipinski definition) is 1. The summed E-state index contributed by atoms with van der Waals surface area (Å²) >= 11 is 12.5. The minimum absolute atomic E-state index is 0.0901. The fourth-order valence-corrected chi connectivity index (χ4v) is 3.62. The topological polar surface area (TPSA) is 94.2 Å². The summed E-state index contributed by atoms with van der Waals surface area (Å²) in [7, 11) is 1.49. The van der Waals surface area contributed by atoms with Crippen LogP contribution in [0.25, 0.3) is 16.5 Å². The average molecular weight is 455 g/mol. The number of hydrogen-bond acceptors (Lipinski definition) is 5. The SMILES string of the molecule is Cc1nn(-c2cccc(Cl)c2)c(Cl)c1/C=N/NC(=O)c1nn(C)c(=O)c2ccccc12. The minimum atomic E-state index is -0.556. The normalized spacial score (nSPS) is 11.4. The van der Waals surface area contributed by atoms with Gasteiger partial charge >= 0.3 is 0 Å². The largest absolute Gasteiger partial charge is 0.292 e. The first kappa shape index (κ1) is 20.8. The van der Waals surface area contributed by atoms with Crippen molar-refractivity contribution in [1.29, 1.82) is 0 Å². The number of carbonyl (C=O) groups excluding carboxylic acids is 1. The van der Waals surface area contributed by atoms with Gasteiger partial charge in [0, 0.05) is 17.5 Å². The highest BCUT2D eigenvalue weighted by Gasteiger charge is 2.16. The predicted molar refractivity (Wildman–Crippen MR) is 120 cm³/mol. The van der Waals surface area contributed by atoms with Gasteiger partial charge in [-0.05, 0) is 31.2 Å². The van der Waals surface area contributed by atoms with Crippen LogP contribution in [0.2, 0.25) is 10.2 Å². The molecule has 4 aromatic rings. The summed E-state index contributed by atoms with van der Waals surface area (Å²) in [4.78, 5) is 24.9. The van der Waals surface area contributed by atoms with Crippen LogP contribution < -0.4 is 11.0 Å². The van der Waals surface area contributed by atoms with Crippen LogP contribution in [0.4, 0.5) is 0 Å². The number of carbonyl (C=O) groups is 1. The van der Waals surface area contributed by atoms with E-state index in [4.69, 9.17) is 23.2 Å². The van der Waals surface area contributed by atoms with E-state index in [1.54, 1.807) is 49.4 Å². The molecule has 31 heavy (non-hydrogen) atoms. The molecule has 0 radical (unpaired) electrons. The van der Waals surface area contributed by atoms with Crippen LogP contribution in [0.15, 0.2) is 58.4 Å². The van der Waals surface area contributed by atoms with Crippen molar-refractivity contribution in [1.82, 2.24) is 25.0 Å². The number of amides is 1. The molecule has 0 unspecified atom stereocenters. The van der Waals surface area contributed by atoms with Gasteiger partial charge < -0.3 is 0 Å². The fraction of sp³-hybridized carbons (Fsp3) is 0.0952. The van der Waals surface area contributed by atoms with Gasteiger partial charge in [0.1, 0.15) is 5.15 Å². The number of halogens is 2. The van der Waals surface area contributed by atoms with Crippen molar-refractivity contribution >= 4 is 46.1 Å². The summed E-state index contributed by atoms with van der Waals surface area (Å²) < 4.78 is 2.66. The molecule has 0 bridgehead atoms. The van der Waals surface area contributed by atoms with Crippen molar-refractivity contribution in [3.05, 3.63) is 86.0 Å². The monoisotopic (exact) mass is 454 g/mol. The second-order valence-electron chi connectivity index (χ2n) is 6.70. The van der Waals surface area contributed by atoms with E-state index in [-0.39, 0.29) is 11.3 Å². The van der Waals surface area contributed by atoms with E-state index in [2.05, 4.69) is 20.7 Å². The lowest BCUT2D eigenvalue weighted by atomic mass is 10.1. The molecule has 0 atom stereocenters. The Bertz CT molecular complexity index is 1410. The van der Waals surface area contributed by atoms with E-state index in [1.165, 1.54) is 17.9 Å². The van der Waals surface area contributed by atoms with Gasteiger partial charge in [-0.3, -0.25) is 9.59 Å². The molecule has 2 aromatic carbocycles. The highest BCUT2D eigenvalue weighted by atomic mass is 35.5. The third-order valence-electron chi connectivity index (χ3n) is 4.63. The summed E-state index contributed by atoms with van der Waals surface area (Å²) in [6, 6.07) is 13.9. The number of hydrazone groups is 1. The van der Waals surface area contributed by atoms with Crippen molar-refractivity contribution < 1.29 is 4.79 Å². The molecular weight excluding hydrogens is 439 g/mol. The molecule has 0 saturated carbocycles. The lowest BCUT2D eigenvalue weighted by Crippen LogP contribution is -2.27. The van der Waals surface area contributed by atoms with E-state index >= 15 is 0 Å². The molecule has 0 saturated heterocycles. The summed E-state index contributed by atoms with van der Waals surface area (Å²) in [6.07, 6.45) is 1.41. The number of benzene rings is 2. The molecular formula is C21H16Cl2N6O2. The Labute approximate surface area is 186 Å². The molecule has 10 heteroatoms. The maximum atomic E-state index is 12.7. The van der Waals surface area contributed by atoms with Crippen LogP contribution in [0.1, 0.15) is 21.7 Å². The Balaban J connectivity index is 1.62. The summed E-state index contributed by atoms with van der Waals surface area (Å²) in [5.41, 5.74) is 4.10. The predicted octanol–water partition coefficient (Wildman–Crippen LogP) is 3.50. The van der Waals surface area contributed by atoms with Gasteiger partial charge in [-0.2, -0.15) is 15.3 Å². The number of rotatable bonds is 4. The quantitative estimate of drug-likeness (QED) is 0.377. The number of nitrogens with zero attached hydrogens (tertiary/aromatic N) is 5. The summed E-state index contributed by atoms with van der Waals surface area (Å²) in [5.74, 6) is -0.556. The van der Waals surface area contributed by atoms with Crippen LogP contribution in [0, 0.1) is 6.92 Å². The zero-order valence-electron chi connectivity index (χ0n) is 16.5. The average Bonchev–Trinajstić information content (AvgIpc) is 3.04. The molecule has 4 rings (SSSR count). The first-order valence-electron chi connectivity index (χ1n) is 9.17. The Hall–Kier alpha value is -3.49. The second-order valence-corrected chi connectivity index (χ2v) is 7.50. The molecule has 156 valence electrons. The van der Waals surface area contributed by atoms with Crippen LogP contribution in [0.5, 0.6) is 0 Å². The van der Waals surface area contributed by atoms with Gasteiger partial charge in [-0.1, -0.05) is 47.5 Å². The van der Waals surface area contributed by atoms with Crippen LogP contribution in [0.3, 0.4) is 0 Å². The van der Waals surface area contributed by atoms with Crippen molar-refractivity contribution in [3.8, 4) is 5.69 Å². The second kappa shape index (κ2) is 8.33. The first-order chi connectivity index (χ1) is 14.9. The zero-order chi connectivity index (χ0) is 22.1. The molecule has 0 fully saturated rings. The number of aryl methyl sites for hydroxylation is 2. The zero-order valence-corrected chi connectivity index (χ0v) is 18.0. The van der Waals surface area contributed by atoms with Crippen molar-refractivity contribution in [3.63, 3.8) is 0 Å². The third kappa shape index (κ3) is 3.95. The lowest BCUT2D eigenvalue weighted by Gasteiger charge is -2.06. The van der Waals surface area contributed by atoms with E-state index in [0.29, 0.717) is 37.9 Å². The van der Waals surface area contributed by atoms with Gasteiger partial charge in [0.2, 0.25) is 0 Å². The number of aromatic nitrogens is 4. The third-order valence-corrected chi connectivity index (χ3v) is 5.23. The highest BCUT2D eigenvalue weighted by Crippen LogP contribution is 2.23. The highest BCUT2D eigenvalue weighted by molar-refractivity contribution is 6.32.